The molecule has 0 spiro atoms. The van der Waals surface area contributed by atoms with Gasteiger partial charge >= 0.3 is 0 Å². The summed E-state index contributed by atoms with van der Waals surface area (Å²) in [6, 6.07) is 20.7. The lowest BCUT2D eigenvalue weighted by atomic mass is 10.2. The molecule has 3 aromatic carbocycles. The van der Waals surface area contributed by atoms with Crippen LogP contribution in [0.4, 0.5) is 4.39 Å². The number of benzene rings is 3. The van der Waals surface area contributed by atoms with Gasteiger partial charge in [0.1, 0.15) is 16.0 Å². The van der Waals surface area contributed by atoms with Crippen LogP contribution in [0.1, 0.15) is 18.1 Å². The van der Waals surface area contributed by atoms with Gasteiger partial charge < -0.3 is 9.47 Å². The lowest BCUT2D eigenvalue weighted by Gasteiger charge is -2.13. The summed E-state index contributed by atoms with van der Waals surface area (Å²) in [5.41, 5.74) is 4.59. The van der Waals surface area contributed by atoms with Crippen molar-refractivity contribution in [1.29, 1.82) is 0 Å². The Morgan fingerprint density at radius 3 is 2.33 bits per heavy atom. The van der Waals surface area contributed by atoms with Crippen LogP contribution in [0.3, 0.4) is 0 Å². The minimum atomic E-state index is -0.464. The molecule has 0 unspecified atom stereocenters. The normalized spacial score (nSPS) is 10.4. The molecule has 0 saturated carbocycles. The second-order valence-electron chi connectivity index (χ2n) is 6.16. The molecule has 1 N–H and O–H groups in total. The van der Waals surface area contributed by atoms with Crippen molar-refractivity contribution >= 4 is 28.9 Å². The fraction of sp³-hybridized carbons (Fsp3) is 0.130. The third-order valence-electron chi connectivity index (χ3n) is 4.02. The number of ether oxygens (including phenoxy) is 2. The van der Waals surface area contributed by atoms with Crippen LogP contribution in [-0.2, 0) is 11.4 Å². The average Bonchev–Trinajstić information content (AvgIpc) is 2.75. The first-order valence-corrected chi connectivity index (χ1v) is 10.00. The molecule has 0 heterocycles. The van der Waals surface area contributed by atoms with E-state index in [2.05, 4.69) is 5.48 Å². The summed E-state index contributed by atoms with van der Waals surface area (Å²) in [5, 5.41) is 0. The summed E-state index contributed by atoms with van der Waals surface area (Å²) in [5.74, 6) is 0.931. The van der Waals surface area contributed by atoms with Gasteiger partial charge in [0.05, 0.1) is 18.9 Å². The number of para-hydroxylation sites is 1. The maximum atomic E-state index is 14.1. The Bertz CT molecular complexity index is 991. The lowest BCUT2D eigenvalue weighted by Crippen LogP contribution is -2.13. The first-order valence-electron chi connectivity index (χ1n) is 9.24. The lowest BCUT2D eigenvalue weighted by molar-refractivity contribution is 0.0644. The van der Waals surface area contributed by atoms with E-state index in [-0.39, 0.29) is 16.8 Å². The SMILES string of the molecule is CCOc1ccc(C(NOCc2ccc(F)c(Oc3ccccc3)c2)=C(Cl)Cl)cc1. The van der Waals surface area contributed by atoms with Crippen molar-refractivity contribution in [2.45, 2.75) is 13.5 Å². The molecule has 3 aromatic rings. The molecule has 0 atom stereocenters. The molecule has 0 aliphatic rings. The minimum absolute atomic E-state index is 0.0198. The van der Waals surface area contributed by atoms with Gasteiger partial charge in [0.15, 0.2) is 11.6 Å². The second-order valence-corrected chi connectivity index (χ2v) is 7.11. The molecule has 30 heavy (non-hydrogen) atoms. The van der Waals surface area contributed by atoms with Crippen LogP contribution in [0.5, 0.6) is 17.2 Å². The molecule has 4 nitrogen and oxygen atoms in total. The van der Waals surface area contributed by atoms with Crippen molar-refractivity contribution in [3.63, 3.8) is 0 Å². The van der Waals surface area contributed by atoms with Gasteiger partial charge in [0.25, 0.3) is 0 Å². The molecule has 0 saturated heterocycles. The first-order chi connectivity index (χ1) is 14.6. The Hall–Kier alpha value is -2.73. The predicted molar refractivity (Wildman–Crippen MR) is 117 cm³/mol. The Kier molecular flexibility index (Phi) is 7.97. The van der Waals surface area contributed by atoms with Gasteiger partial charge in [0, 0.05) is 5.56 Å². The molecule has 0 aliphatic carbocycles. The Labute approximate surface area is 184 Å². The van der Waals surface area contributed by atoms with Crippen LogP contribution in [0.2, 0.25) is 0 Å². The average molecular weight is 448 g/mol. The van der Waals surface area contributed by atoms with E-state index < -0.39 is 5.82 Å². The topological polar surface area (TPSA) is 39.7 Å². The maximum absolute atomic E-state index is 14.1. The smallest absolute Gasteiger partial charge is 0.165 e. The van der Waals surface area contributed by atoms with Crippen molar-refractivity contribution in [1.82, 2.24) is 5.48 Å². The van der Waals surface area contributed by atoms with Crippen LogP contribution in [0.15, 0.2) is 77.3 Å². The highest BCUT2D eigenvalue weighted by atomic mass is 35.5. The van der Waals surface area contributed by atoms with Crippen molar-refractivity contribution in [2.24, 2.45) is 0 Å². The number of nitrogens with one attached hydrogen (secondary N) is 1. The molecule has 156 valence electrons. The van der Waals surface area contributed by atoms with Crippen LogP contribution < -0.4 is 15.0 Å². The summed E-state index contributed by atoms with van der Waals surface area (Å²) >= 11 is 12.0. The molecule has 0 bridgehead atoms. The molecule has 0 aromatic heterocycles. The molecule has 3 rings (SSSR count). The molecule has 0 radical (unpaired) electrons. The molecule has 0 aliphatic heterocycles. The standard InChI is InChI=1S/C23H20Cl2FNO3/c1-2-28-18-11-9-17(10-12-18)22(23(24)25)27-29-15-16-8-13-20(26)21(14-16)30-19-6-4-3-5-7-19/h3-14,27H,2,15H2,1H3. The predicted octanol–water partition coefficient (Wildman–Crippen LogP) is 6.84. The fourth-order valence-corrected chi connectivity index (χ4v) is 2.91. The number of hydrogen-bond acceptors (Lipinski definition) is 4. The number of hydroxylamine groups is 1. The molecular weight excluding hydrogens is 428 g/mol. The van der Waals surface area contributed by atoms with Crippen LogP contribution in [0, 0.1) is 5.82 Å². The summed E-state index contributed by atoms with van der Waals surface area (Å²) in [6.07, 6.45) is 0. The third-order valence-corrected chi connectivity index (χ3v) is 4.40. The quantitative estimate of drug-likeness (QED) is 0.364. The van der Waals surface area contributed by atoms with Crippen molar-refractivity contribution in [3.05, 3.63) is 94.2 Å². The van der Waals surface area contributed by atoms with Crippen LogP contribution in [-0.4, -0.2) is 6.61 Å². The second kappa shape index (κ2) is 10.9. The van der Waals surface area contributed by atoms with Gasteiger partial charge in [-0.25, -0.2) is 4.39 Å². The summed E-state index contributed by atoms with van der Waals surface area (Å²) in [6.45, 7) is 2.62. The maximum Gasteiger partial charge on any atom is 0.165 e. The van der Waals surface area contributed by atoms with E-state index >= 15 is 0 Å². The minimum Gasteiger partial charge on any atom is -0.494 e. The highest BCUT2D eigenvalue weighted by Gasteiger charge is 2.10. The number of rotatable bonds is 9. The Morgan fingerprint density at radius 1 is 0.933 bits per heavy atom. The molecule has 7 heteroatoms. The molecular formula is C23H20Cl2FNO3. The third kappa shape index (κ3) is 6.13. The number of halogens is 3. The highest BCUT2D eigenvalue weighted by Crippen LogP contribution is 2.27. The zero-order valence-corrected chi connectivity index (χ0v) is 17.7. The van der Waals surface area contributed by atoms with Gasteiger partial charge in [-0.05, 0) is 61.0 Å². The summed E-state index contributed by atoms with van der Waals surface area (Å²) < 4.78 is 25.1. The van der Waals surface area contributed by atoms with Gasteiger partial charge in [-0.1, -0.05) is 47.5 Å². The van der Waals surface area contributed by atoms with Crippen molar-refractivity contribution in [2.75, 3.05) is 6.61 Å². The van der Waals surface area contributed by atoms with Gasteiger partial charge in [-0.3, -0.25) is 10.3 Å². The zero-order valence-electron chi connectivity index (χ0n) is 16.2. The number of hydrogen-bond donors (Lipinski definition) is 1. The Balaban J connectivity index is 1.64. The van der Waals surface area contributed by atoms with Crippen molar-refractivity contribution in [3.8, 4) is 17.2 Å². The van der Waals surface area contributed by atoms with E-state index in [4.69, 9.17) is 37.5 Å². The summed E-state index contributed by atoms with van der Waals surface area (Å²) in [4.78, 5) is 5.53. The fourth-order valence-electron chi connectivity index (χ4n) is 2.61. The van der Waals surface area contributed by atoms with Gasteiger partial charge in [0.2, 0.25) is 0 Å². The molecule has 0 amide bonds. The highest BCUT2D eigenvalue weighted by molar-refractivity contribution is 6.58. The van der Waals surface area contributed by atoms with Gasteiger partial charge in [-0.15, -0.1) is 0 Å². The van der Waals surface area contributed by atoms with Crippen molar-refractivity contribution < 1.29 is 18.7 Å². The Morgan fingerprint density at radius 2 is 1.67 bits per heavy atom. The van der Waals surface area contributed by atoms with E-state index in [9.17, 15) is 4.39 Å². The van der Waals surface area contributed by atoms with Crippen LogP contribution >= 0.6 is 23.2 Å². The first kappa shape index (κ1) is 22.0. The van der Waals surface area contributed by atoms with Crippen LogP contribution in [0.25, 0.3) is 5.70 Å². The zero-order chi connectivity index (χ0) is 21.3. The van der Waals surface area contributed by atoms with Gasteiger partial charge in [-0.2, -0.15) is 0 Å². The van der Waals surface area contributed by atoms with E-state index in [0.717, 1.165) is 11.3 Å². The monoisotopic (exact) mass is 447 g/mol. The van der Waals surface area contributed by atoms with E-state index in [0.29, 0.717) is 23.6 Å². The largest absolute Gasteiger partial charge is 0.494 e. The molecule has 0 fully saturated rings. The van der Waals surface area contributed by atoms with E-state index in [1.807, 2.05) is 49.4 Å². The van der Waals surface area contributed by atoms with E-state index in [1.54, 1.807) is 24.3 Å². The summed E-state index contributed by atoms with van der Waals surface area (Å²) in [7, 11) is 0. The van der Waals surface area contributed by atoms with E-state index in [1.165, 1.54) is 6.07 Å².